The highest BCUT2D eigenvalue weighted by Gasteiger charge is 2.24. The second kappa shape index (κ2) is 8.01. The van der Waals surface area contributed by atoms with E-state index in [2.05, 4.69) is 20.3 Å². The molecule has 4 aromatic heterocycles. The lowest BCUT2D eigenvalue weighted by Crippen LogP contribution is -2.27. The number of hydrogen-bond acceptors (Lipinski definition) is 7. The number of rotatable bonds is 4. The minimum atomic E-state index is -0.0417. The van der Waals surface area contributed by atoms with E-state index in [0.29, 0.717) is 5.52 Å². The maximum Gasteiger partial charge on any atom is 0.329 e. The quantitative estimate of drug-likeness (QED) is 0.480. The molecule has 4 aromatic rings. The van der Waals surface area contributed by atoms with Gasteiger partial charge in [-0.25, -0.2) is 9.78 Å². The fraction of sp³-hybridized carbons (Fsp3) is 0.261. The number of aliphatic imine (C=N–C) groups is 1. The average molecular weight is 429 g/mol. The molecule has 9 nitrogen and oxygen atoms in total. The summed E-state index contributed by atoms with van der Waals surface area (Å²) in [7, 11) is 3.47. The Bertz CT molecular complexity index is 1420. The van der Waals surface area contributed by atoms with Gasteiger partial charge in [-0.2, -0.15) is 0 Å². The fourth-order valence-electron chi connectivity index (χ4n) is 4.30. The van der Waals surface area contributed by atoms with Crippen molar-refractivity contribution in [1.29, 1.82) is 0 Å². The van der Waals surface area contributed by atoms with Crippen LogP contribution in [0.2, 0.25) is 0 Å². The van der Waals surface area contributed by atoms with Crippen LogP contribution < -0.4 is 16.7 Å². The van der Waals surface area contributed by atoms with E-state index < -0.39 is 0 Å². The summed E-state index contributed by atoms with van der Waals surface area (Å²) in [4.78, 5) is 31.1. The molecule has 1 aliphatic rings. The zero-order valence-electron chi connectivity index (χ0n) is 18.0. The number of aromatic nitrogens is 5. The van der Waals surface area contributed by atoms with Crippen molar-refractivity contribution >= 4 is 33.9 Å². The van der Waals surface area contributed by atoms with Crippen molar-refractivity contribution in [2.45, 2.75) is 12.5 Å². The number of imidazole rings is 1. The molecular weight excluding hydrogens is 404 g/mol. The molecule has 1 fully saturated rings. The summed E-state index contributed by atoms with van der Waals surface area (Å²) in [5, 5.41) is 3.35. The van der Waals surface area contributed by atoms with E-state index in [0.717, 1.165) is 58.6 Å². The van der Waals surface area contributed by atoms with Crippen molar-refractivity contribution in [3.8, 4) is 11.3 Å². The number of nitrogens with one attached hydrogen (secondary N) is 1. The van der Waals surface area contributed by atoms with Gasteiger partial charge in [0.15, 0.2) is 0 Å². The molecule has 0 spiro atoms. The van der Waals surface area contributed by atoms with Crippen molar-refractivity contribution in [3.63, 3.8) is 0 Å². The third-order valence-electron chi connectivity index (χ3n) is 5.96. The number of pyridine rings is 3. The molecule has 0 unspecified atom stereocenters. The molecule has 0 saturated carbocycles. The van der Waals surface area contributed by atoms with Crippen molar-refractivity contribution in [3.05, 3.63) is 59.0 Å². The Morgan fingerprint density at radius 3 is 2.81 bits per heavy atom. The van der Waals surface area contributed by atoms with Crippen LogP contribution in [0.4, 0.5) is 0 Å². The average Bonchev–Trinajstić information content (AvgIpc) is 3.44. The molecule has 5 heterocycles. The van der Waals surface area contributed by atoms with Crippen molar-refractivity contribution in [2.24, 2.45) is 17.8 Å². The molecule has 0 radical (unpaired) electrons. The van der Waals surface area contributed by atoms with Gasteiger partial charge in [-0.15, -0.1) is 0 Å². The molecule has 3 N–H and O–H groups in total. The molecule has 0 bridgehead atoms. The zero-order valence-corrected chi connectivity index (χ0v) is 18.0. The summed E-state index contributed by atoms with van der Waals surface area (Å²) in [6, 6.07) is 7.81. The largest absolute Gasteiger partial charge is 0.404 e. The number of nitrogens with zero attached hydrogens (tertiary/aromatic N) is 6. The normalized spacial score (nSPS) is 17.2. The second-order valence-electron chi connectivity index (χ2n) is 7.86. The van der Waals surface area contributed by atoms with Crippen molar-refractivity contribution in [1.82, 2.24) is 29.4 Å². The zero-order chi connectivity index (χ0) is 22.2. The van der Waals surface area contributed by atoms with Crippen LogP contribution in [0.25, 0.3) is 38.9 Å². The van der Waals surface area contributed by atoms with Gasteiger partial charge in [0.2, 0.25) is 0 Å². The van der Waals surface area contributed by atoms with E-state index in [-0.39, 0.29) is 11.7 Å². The summed E-state index contributed by atoms with van der Waals surface area (Å²) >= 11 is 0. The summed E-state index contributed by atoms with van der Waals surface area (Å²) in [5.41, 5.74) is 11.8. The van der Waals surface area contributed by atoms with Gasteiger partial charge in [-0.1, -0.05) is 0 Å². The molecule has 0 amide bonds. The Hall–Kier alpha value is -3.85. The van der Waals surface area contributed by atoms with Crippen LogP contribution in [-0.2, 0) is 7.05 Å². The molecule has 32 heavy (non-hydrogen) atoms. The summed E-state index contributed by atoms with van der Waals surface area (Å²) in [6.07, 6.45) is 7.59. The Balaban J connectivity index is 1.67. The first-order chi connectivity index (χ1) is 15.6. The first-order valence-corrected chi connectivity index (χ1v) is 10.5. The van der Waals surface area contributed by atoms with Crippen molar-refractivity contribution in [2.75, 3.05) is 20.1 Å². The van der Waals surface area contributed by atoms with Gasteiger partial charge < -0.3 is 11.1 Å². The Labute approximate surface area is 184 Å². The van der Waals surface area contributed by atoms with Crippen LogP contribution in [0.3, 0.4) is 0 Å². The summed E-state index contributed by atoms with van der Waals surface area (Å²) < 4.78 is 3.53. The van der Waals surface area contributed by atoms with Crippen LogP contribution in [0, 0.1) is 0 Å². The summed E-state index contributed by atoms with van der Waals surface area (Å²) in [6.45, 7) is 1.67. The van der Waals surface area contributed by atoms with E-state index >= 15 is 0 Å². The van der Waals surface area contributed by atoms with Crippen LogP contribution in [0.1, 0.15) is 18.2 Å². The van der Waals surface area contributed by atoms with Gasteiger partial charge in [-0.3, -0.25) is 24.1 Å². The lowest BCUT2D eigenvalue weighted by Gasteiger charge is -2.12. The van der Waals surface area contributed by atoms with Crippen LogP contribution in [0.5, 0.6) is 0 Å². The highest BCUT2D eigenvalue weighted by molar-refractivity contribution is 6.08. The fourth-order valence-corrected chi connectivity index (χ4v) is 4.30. The second-order valence-corrected chi connectivity index (χ2v) is 7.86. The Morgan fingerprint density at radius 2 is 2.12 bits per heavy atom. The highest BCUT2D eigenvalue weighted by Crippen LogP contribution is 2.28. The lowest BCUT2D eigenvalue weighted by atomic mass is 10.1. The molecule has 9 heteroatoms. The standard InChI is InChI=1S/C23H24N8O/c1-25-10-15(9-24)17-4-3-14(11-27-17)18-5-6-19-21(29-18)22-20(13-28-19)30(2)23(32)31(22)16-7-8-26-12-16/h3-6,9-11,13,16,26H,7-8,12,24H2,1-2H3/t16-/m0/s1. The monoisotopic (exact) mass is 428 g/mol. The van der Waals surface area contributed by atoms with E-state index in [1.807, 2.05) is 28.8 Å². The first-order valence-electron chi connectivity index (χ1n) is 10.5. The Kier molecular flexibility index (Phi) is 5.02. The highest BCUT2D eigenvalue weighted by atomic mass is 16.1. The van der Waals surface area contributed by atoms with Gasteiger partial charge in [0.1, 0.15) is 5.52 Å². The van der Waals surface area contributed by atoms with E-state index in [1.54, 1.807) is 37.3 Å². The van der Waals surface area contributed by atoms with Gasteiger partial charge in [0, 0.05) is 50.4 Å². The molecule has 1 atom stereocenters. The van der Waals surface area contributed by atoms with E-state index in [4.69, 9.17) is 10.7 Å². The summed E-state index contributed by atoms with van der Waals surface area (Å²) in [5.74, 6) is 0. The van der Waals surface area contributed by atoms with Gasteiger partial charge in [-0.05, 0) is 37.2 Å². The van der Waals surface area contributed by atoms with Crippen molar-refractivity contribution < 1.29 is 0 Å². The van der Waals surface area contributed by atoms with Crippen LogP contribution in [0.15, 0.2) is 52.6 Å². The van der Waals surface area contributed by atoms with Gasteiger partial charge in [0.25, 0.3) is 0 Å². The molecule has 162 valence electrons. The third kappa shape index (κ3) is 3.18. The predicted molar refractivity (Wildman–Crippen MR) is 127 cm³/mol. The topological polar surface area (TPSA) is 116 Å². The molecular formula is C23H24N8O. The maximum absolute atomic E-state index is 13.1. The van der Waals surface area contributed by atoms with Gasteiger partial charge >= 0.3 is 5.69 Å². The van der Waals surface area contributed by atoms with E-state index in [1.165, 1.54) is 6.20 Å². The van der Waals surface area contributed by atoms with E-state index in [9.17, 15) is 4.79 Å². The number of hydrogen-bond donors (Lipinski definition) is 2. The molecule has 1 aliphatic heterocycles. The SMILES string of the molecule is CN=CC(=CN)c1ccc(-c2ccc3ncc4c(c3n2)n([C@H]2CCNC2)c(=O)n4C)cn1. The first kappa shape index (κ1) is 20.1. The molecule has 1 saturated heterocycles. The lowest BCUT2D eigenvalue weighted by molar-refractivity contribution is 0.536. The number of fused-ring (bicyclic) bond motifs is 3. The van der Waals surface area contributed by atoms with Crippen LogP contribution in [-0.4, -0.2) is 50.4 Å². The molecule has 5 rings (SSSR count). The predicted octanol–water partition coefficient (Wildman–Crippen LogP) is 1.88. The molecule has 0 aromatic carbocycles. The van der Waals surface area contributed by atoms with Gasteiger partial charge in [0.05, 0.1) is 40.2 Å². The van der Waals surface area contributed by atoms with Crippen LogP contribution >= 0.6 is 0 Å². The molecule has 0 aliphatic carbocycles. The Morgan fingerprint density at radius 1 is 1.25 bits per heavy atom. The maximum atomic E-state index is 13.1. The smallest absolute Gasteiger partial charge is 0.329 e. The third-order valence-corrected chi connectivity index (χ3v) is 5.96. The minimum Gasteiger partial charge on any atom is -0.404 e. The number of nitrogens with two attached hydrogens (primary N) is 1. The minimum absolute atomic E-state index is 0.0417. The number of allylic oxidation sites excluding steroid dienone is 1. The number of aryl methyl sites for hydroxylation is 1.